The zero-order valence-corrected chi connectivity index (χ0v) is 14.3. The van der Waals surface area contributed by atoms with E-state index < -0.39 is 0 Å². The summed E-state index contributed by atoms with van der Waals surface area (Å²) in [6, 6.07) is 17.5. The summed E-state index contributed by atoms with van der Waals surface area (Å²) in [5.74, 6) is 1.85. The Morgan fingerprint density at radius 1 is 1.00 bits per heavy atom. The molecule has 0 amide bonds. The van der Waals surface area contributed by atoms with Gasteiger partial charge in [-0.1, -0.05) is 30.3 Å². The summed E-state index contributed by atoms with van der Waals surface area (Å²) in [7, 11) is 1.74. The average Bonchev–Trinajstić information content (AvgIpc) is 2.58. The number of benzene rings is 2. The van der Waals surface area contributed by atoms with Crippen molar-refractivity contribution in [2.75, 3.05) is 20.2 Å². The van der Waals surface area contributed by atoms with Gasteiger partial charge in [-0.05, 0) is 61.4 Å². The monoisotopic (exact) mass is 310 g/mol. The van der Waals surface area contributed by atoms with Crippen molar-refractivity contribution < 1.29 is 9.64 Å². The van der Waals surface area contributed by atoms with E-state index in [0.29, 0.717) is 0 Å². The first-order chi connectivity index (χ1) is 11.2. The quantitative estimate of drug-likeness (QED) is 0.896. The Morgan fingerprint density at radius 3 is 2.39 bits per heavy atom. The lowest BCUT2D eigenvalue weighted by atomic mass is 9.90. The van der Waals surface area contributed by atoms with Crippen LogP contribution in [0, 0.1) is 12.8 Å². The first-order valence-corrected chi connectivity index (χ1v) is 8.75. The molecule has 0 aromatic heterocycles. The van der Waals surface area contributed by atoms with E-state index in [2.05, 4.69) is 55.5 Å². The Labute approximate surface area is 140 Å². The molecule has 2 aromatic rings. The van der Waals surface area contributed by atoms with Gasteiger partial charge in [0.05, 0.1) is 20.2 Å². The molecule has 0 radical (unpaired) electrons. The van der Waals surface area contributed by atoms with Crippen LogP contribution in [-0.2, 0) is 13.0 Å². The van der Waals surface area contributed by atoms with Crippen LogP contribution >= 0.6 is 0 Å². The predicted molar refractivity (Wildman–Crippen MR) is 95.0 cm³/mol. The molecule has 2 heteroatoms. The second kappa shape index (κ2) is 7.65. The normalized spacial score (nSPS) is 21.1. The molecule has 3 rings (SSSR count). The Morgan fingerprint density at radius 2 is 1.74 bits per heavy atom. The highest BCUT2D eigenvalue weighted by atomic mass is 16.5. The van der Waals surface area contributed by atoms with Crippen molar-refractivity contribution in [2.24, 2.45) is 5.92 Å². The van der Waals surface area contributed by atoms with Crippen LogP contribution in [0.2, 0.25) is 0 Å². The van der Waals surface area contributed by atoms with Gasteiger partial charge in [-0.25, -0.2) is 0 Å². The number of ether oxygens (including phenoxy) is 1. The van der Waals surface area contributed by atoms with E-state index in [1.807, 2.05) is 0 Å². The fraction of sp³-hybridized carbons (Fsp3) is 0.429. The van der Waals surface area contributed by atoms with Gasteiger partial charge in [0.15, 0.2) is 0 Å². The predicted octanol–water partition coefficient (Wildman–Crippen LogP) is 3.04. The number of nitrogens with one attached hydrogen (secondary N) is 1. The second-order valence-corrected chi connectivity index (χ2v) is 6.86. The Kier molecular flexibility index (Phi) is 5.35. The molecule has 0 atom stereocenters. The first-order valence-electron chi connectivity index (χ1n) is 8.75. The zero-order chi connectivity index (χ0) is 16.1. The molecule has 1 saturated heterocycles. The molecule has 2 aromatic carbocycles. The summed E-state index contributed by atoms with van der Waals surface area (Å²) < 4.78 is 5.35. The highest BCUT2D eigenvalue weighted by Gasteiger charge is 2.22. The summed E-state index contributed by atoms with van der Waals surface area (Å²) in [5.41, 5.74) is 4.16. The van der Waals surface area contributed by atoms with Crippen molar-refractivity contribution in [3.63, 3.8) is 0 Å². The topological polar surface area (TPSA) is 13.7 Å². The lowest BCUT2D eigenvalue weighted by Crippen LogP contribution is -3.11. The van der Waals surface area contributed by atoms with Gasteiger partial charge in [0.25, 0.3) is 0 Å². The minimum absolute atomic E-state index is 0.860. The molecule has 0 saturated carbocycles. The van der Waals surface area contributed by atoms with Gasteiger partial charge in [0.1, 0.15) is 12.3 Å². The molecule has 0 spiro atoms. The fourth-order valence-corrected chi connectivity index (χ4v) is 3.75. The van der Waals surface area contributed by atoms with Crippen LogP contribution in [0.5, 0.6) is 5.75 Å². The van der Waals surface area contributed by atoms with Crippen LogP contribution in [-0.4, -0.2) is 20.2 Å². The molecule has 23 heavy (non-hydrogen) atoms. The van der Waals surface area contributed by atoms with E-state index >= 15 is 0 Å². The second-order valence-electron chi connectivity index (χ2n) is 6.86. The zero-order valence-electron chi connectivity index (χ0n) is 14.3. The van der Waals surface area contributed by atoms with Crippen LogP contribution in [0.25, 0.3) is 0 Å². The maximum Gasteiger partial charge on any atom is 0.121 e. The van der Waals surface area contributed by atoms with Crippen LogP contribution in [0.15, 0.2) is 48.5 Å². The summed E-state index contributed by atoms with van der Waals surface area (Å²) in [5, 5.41) is 0. The van der Waals surface area contributed by atoms with Crippen molar-refractivity contribution in [3.05, 3.63) is 65.2 Å². The summed E-state index contributed by atoms with van der Waals surface area (Å²) in [6.07, 6.45) is 3.94. The smallest absolute Gasteiger partial charge is 0.121 e. The van der Waals surface area contributed by atoms with Crippen LogP contribution in [0.1, 0.15) is 29.5 Å². The Bertz CT molecular complexity index is 615. The molecule has 122 valence electrons. The molecule has 0 unspecified atom stereocenters. The molecular formula is C21H28NO+. The van der Waals surface area contributed by atoms with Gasteiger partial charge in [-0.2, -0.15) is 0 Å². The van der Waals surface area contributed by atoms with E-state index in [1.54, 1.807) is 12.0 Å². The average molecular weight is 310 g/mol. The largest absolute Gasteiger partial charge is 0.496 e. The van der Waals surface area contributed by atoms with E-state index in [0.717, 1.165) is 18.2 Å². The highest BCUT2D eigenvalue weighted by Crippen LogP contribution is 2.19. The third-order valence-electron chi connectivity index (χ3n) is 5.09. The van der Waals surface area contributed by atoms with Gasteiger partial charge < -0.3 is 9.64 Å². The summed E-state index contributed by atoms with van der Waals surface area (Å²) >= 11 is 0. The van der Waals surface area contributed by atoms with Gasteiger partial charge in [-0.15, -0.1) is 0 Å². The van der Waals surface area contributed by atoms with E-state index in [1.165, 1.54) is 49.0 Å². The van der Waals surface area contributed by atoms with Crippen LogP contribution in [0.3, 0.4) is 0 Å². The molecule has 1 aliphatic rings. The number of aryl methyl sites for hydroxylation is 1. The van der Waals surface area contributed by atoms with E-state index in [-0.39, 0.29) is 0 Å². The SMILES string of the molecule is COc1ccc(C[NH+]2CCC(Cc3ccccc3)CC2)cc1C. The summed E-state index contributed by atoms with van der Waals surface area (Å²) in [6.45, 7) is 5.86. The Hall–Kier alpha value is -1.80. The van der Waals surface area contributed by atoms with Crippen molar-refractivity contribution in [1.82, 2.24) is 0 Å². The standard InChI is InChI=1S/C21H27NO/c1-17-14-20(8-9-21(17)23-2)16-22-12-10-19(11-13-22)15-18-6-4-3-5-7-18/h3-9,14,19H,10-13,15-16H2,1-2H3/p+1. The number of rotatable bonds is 5. The lowest BCUT2D eigenvalue weighted by molar-refractivity contribution is -0.919. The van der Waals surface area contributed by atoms with Crippen molar-refractivity contribution in [2.45, 2.75) is 32.7 Å². The minimum atomic E-state index is 0.860. The molecule has 2 nitrogen and oxygen atoms in total. The third kappa shape index (κ3) is 4.35. The third-order valence-corrected chi connectivity index (χ3v) is 5.09. The molecule has 0 aliphatic carbocycles. The van der Waals surface area contributed by atoms with Crippen molar-refractivity contribution >= 4 is 0 Å². The maximum atomic E-state index is 5.35. The molecule has 1 N–H and O–H groups in total. The van der Waals surface area contributed by atoms with Crippen molar-refractivity contribution in [3.8, 4) is 5.75 Å². The van der Waals surface area contributed by atoms with Gasteiger partial charge in [0.2, 0.25) is 0 Å². The number of likely N-dealkylation sites (tertiary alicyclic amines) is 1. The summed E-state index contributed by atoms with van der Waals surface area (Å²) in [4.78, 5) is 1.72. The van der Waals surface area contributed by atoms with Gasteiger partial charge in [-0.3, -0.25) is 0 Å². The molecular weight excluding hydrogens is 282 g/mol. The number of methoxy groups -OCH3 is 1. The van der Waals surface area contributed by atoms with E-state index in [4.69, 9.17) is 4.74 Å². The molecule has 1 fully saturated rings. The Balaban J connectivity index is 1.50. The highest BCUT2D eigenvalue weighted by molar-refractivity contribution is 5.35. The first kappa shape index (κ1) is 16.1. The van der Waals surface area contributed by atoms with Crippen LogP contribution < -0.4 is 9.64 Å². The molecule has 0 bridgehead atoms. The van der Waals surface area contributed by atoms with Crippen LogP contribution in [0.4, 0.5) is 0 Å². The van der Waals surface area contributed by atoms with Gasteiger partial charge in [0, 0.05) is 5.56 Å². The number of quaternary nitrogens is 1. The lowest BCUT2D eigenvalue weighted by Gasteiger charge is -2.29. The molecule has 1 heterocycles. The number of hydrogen-bond donors (Lipinski definition) is 1. The fourth-order valence-electron chi connectivity index (χ4n) is 3.75. The molecule has 1 aliphatic heterocycles. The number of piperidine rings is 1. The number of hydrogen-bond acceptors (Lipinski definition) is 1. The van der Waals surface area contributed by atoms with Gasteiger partial charge >= 0.3 is 0 Å². The van der Waals surface area contributed by atoms with E-state index in [9.17, 15) is 0 Å². The van der Waals surface area contributed by atoms with Crippen molar-refractivity contribution in [1.29, 1.82) is 0 Å². The maximum absolute atomic E-state index is 5.35. The minimum Gasteiger partial charge on any atom is -0.496 e.